The molecule has 0 fully saturated rings. The third-order valence-corrected chi connectivity index (χ3v) is 8.86. The van der Waals surface area contributed by atoms with Crippen LogP contribution in [0.1, 0.15) is 39.7 Å². The van der Waals surface area contributed by atoms with Crippen LogP contribution >= 0.6 is 0 Å². The van der Waals surface area contributed by atoms with Gasteiger partial charge in [-0.05, 0) is 83.3 Å². The normalized spacial score (nSPS) is 16.9. The molecule has 1 heterocycles. The number of fused-ring (bicyclic) bond motifs is 9. The highest BCUT2D eigenvalue weighted by molar-refractivity contribution is 6.38. The van der Waals surface area contributed by atoms with Crippen LogP contribution in [0.3, 0.4) is 0 Å². The van der Waals surface area contributed by atoms with E-state index in [2.05, 4.69) is 97.1 Å². The van der Waals surface area contributed by atoms with E-state index in [1.54, 1.807) is 21.3 Å². The largest absolute Gasteiger partial charge is 0.485 e. The predicted molar refractivity (Wildman–Crippen MR) is 167 cm³/mol. The molecule has 2 aliphatic rings. The lowest BCUT2D eigenvalue weighted by molar-refractivity contribution is -0.0897. The Hall–Kier alpha value is -3.86. The summed E-state index contributed by atoms with van der Waals surface area (Å²) in [5, 5.41) is 18.1. The van der Waals surface area contributed by atoms with Crippen LogP contribution in [0.15, 0.2) is 103 Å². The lowest BCUT2D eigenvalue weighted by Crippen LogP contribution is -2.48. The number of allylic oxidation sites excluding steroid dienone is 2. The Balaban J connectivity index is 1.30. The van der Waals surface area contributed by atoms with Gasteiger partial charge in [0.25, 0.3) is 0 Å². The zero-order chi connectivity index (χ0) is 27.6. The van der Waals surface area contributed by atoms with Crippen LogP contribution in [0.5, 0.6) is 5.75 Å². The second-order valence-corrected chi connectivity index (χ2v) is 12.0. The van der Waals surface area contributed by atoms with Gasteiger partial charge in [0.05, 0.1) is 11.2 Å². The molecule has 0 saturated heterocycles. The fourth-order valence-corrected chi connectivity index (χ4v) is 5.90. The molecule has 5 aromatic carbocycles. The Bertz CT molecular complexity index is 1840. The molecular formula is C36H32BO3. The van der Waals surface area contributed by atoms with Gasteiger partial charge in [0, 0.05) is 17.6 Å². The molecule has 1 atom stereocenters. The molecule has 197 valence electrons. The third kappa shape index (κ3) is 3.97. The lowest BCUT2D eigenvalue weighted by atomic mass is 9.76. The molecule has 1 radical (unpaired) electrons. The molecule has 40 heavy (non-hydrogen) atoms. The number of hydrogen-bond donors (Lipinski definition) is 1. The first-order valence-electron chi connectivity index (χ1n) is 14.0. The Morgan fingerprint density at radius 1 is 0.750 bits per heavy atom. The summed E-state index contributed by atoms with van der Waals surface area (Å²) < 4.78 is 12.5. The monoisotopic (exact) mass is 523 g/mol. The van der Waals surface area contributed by atoms with Crippen molar-refractivity contribution in [3.8, 4) is 16.9 Å². The van der Waals surface area contributed by atoms with Crippen molar-refractivity contribution in [1.82, 2.24) is 0 Å². The number of benzene rings is 5. The van der Waals surface area contributed by atoms with Crippen molar-refractivity contribution in [2.24, 2.45) is 0 Å². The minimum absolute atomic E-state index is 0.0634. The van der Waals surface area contributed by atoms with E-state index in [9.17, 15) is 5.11 Å². The van der Waals surface area contributed by atoms with Crippen molar-refractivity contribution in [3.05, 3.63) is 108 Å². The van der Waals surface area contributed by atoms with Crippen LogP contribution in [-0.2, 0) is 4.65 Å². The molecule has 1 N–H and O–H groups in total. The van der Waals surface area contributed by atoms with E-state index in [4.69, 9.17) is 9.39 Å². The third-order valence-electron chi connectivity index (χ3n) is 8.86. The van der Waals surface area contributed by atoms with Gasteiger partial charge in [0.2, 0.25) is 0 Å². The minimum atomic E-state index is -0.966. The summed E-state index contributed by atoms with van der Waals surface area (Å²) in [7, 11) is 1.78. The van der Waals surface area contributed by atoms with Gasteiger partial charge in [-0.1, -0.05) is 90.4 Å². The van der Waals surface area contributed by atoms with Gasteiger partial charge < -0.3 is 14.5 Å². The predicted octanol–water partition coefficient (Wildman–Crippen LogP) is 8.43. The van der Waals surface area contributed by atoms with Crippen LogP contribution in [0, 0.1) is 0 Å². The zero-order valence-corrected chi connectivity index (χ0v) is 23.4. The van der Waals surface area contributed by atoms with Crippen LogP contribution in [0.2, 0.25) is 0 Å². The van der Waals surface area contributed by atoms with Crippen LogP contribution in [-0.4, -0.2) is 29.9 Å². The van der Waals surface area contributed by atoms with Crippen molar-refractivity contribution in [3.63, 3.8) is 0 Å². The first kappa shape index (κ1) is 25.1. The van der Waals surface area contributed by atoms with Gasteiger partial charge >= 0.3 is 7.48 Å². The average molecular weight is 523 g/mol. The Labute approximate surface area is 236 Å². The molecule has 0 aromatic heterocycles. The molecule has 1 unspecified atom stereocenters. The van der Waals surface area contributed by atoms with Crippen molar-refractivity contribution >= 4 is 45.4 Å². The molecule has 4 heteroatoms. The van der Waals surface area contributed by atoms with E-state index >= 15 is 0 Å². The maximum absolute atomic E-state index is 10.5. The summed E-state index contributed by atoms with van der Waals surface area (Å²) in [6, 6.07) is 30.6. The van der Waals surface area contributed by atoms with E-state index in [1.165, 1.54) is 54.6 Å². The molecular weight excluding hydrogens is 491 g/mol. The fourth-order valence-electron chi connectivity index (χ4n) is 5.90. The summed E-state index contributed by atoms with van der Waals surface area (Å²) in [5.74, 6) is 0.921. The standard InChI is InChI=1S/C36H32BO3/c1-35(2,38)36(3,4)40-37-23-17-19-30-33(21-23)39-32-15-9-14-24(34(30)32)22-16-18-29-27-12-6-5-10-25(27)26-11-7-8-13-28(26)31(29)20-22/h5-20,33,38H,21H2,1-4H3. The SMILES string of the molecule is CC(C)(O)C(C)(C)O[B]C1=CC=C2c3c(cccc3-c3ccc4c5ccccc5c5ccccc5c4c3)OC2C1. The summed E-state index contributed by atoms with van der Waals surface area (Å²) in [6.45, 7) is 7.34. The first-order valence-corrected chi connectivity index (χ1v) is 14.0. The minimum Gasteiger partial charge on any atom is -0.485 e. The molecule has 0 amide bonds. The van der Waals surface area contributed by atoms with Gasteiger partial charge in [-0.25, -0.2) is 0 Å². The fraction of sp³-hybridized carbons (Fsp3) is 0.222. The number of ether oxygens (including phenoxy) is 1. The van der Waals surface area contributed by atoms with Gasteiger partial charge in [-0.15, -0.1) is 0 Å². The second-order valence-electron chi connectivity index (χ2n) is 12.0. The summed E-state index contributed by atoms with van der Waals surface area (Å²) in [5.41, 5.74) is 4.11. The number of rotatable bonds is 5. The molecule has 3 nitrogen and oxygen atoms in total. The van der Waals surface area contributed by atoms with Crippen molar-refractivity contribution in [1.29, 1.82) is 0 Å². The highest BCUT2D eigenvalue weighted by atomic mass is 16.5. The molecule has 5 aromatic rings. The Morgan fingerprint density at radius 3 is 2.02 bits per heavy atom. The van der Waals surface area contributed by atoms with E-state index in [1.807, 2.05) is 13.8 Å². The van der Waals surface area contributed by atoms with E-state index < -0.39 is 11.2 Å². The summed E-state index contributed by atoms with van der Waals surface area (Å²) in [6.07, 6.45) is 4.93. The highest BCUT2D eigenvalue weighted by Crippen LogP contribution is 2.47. The molecule has 1 aliphatic heterocycles. The molecule has 0 bridgehead atoms. The van der Waals surface area contributed by atoms with Gasteiger partial charge in [0.15, 0.2) is 0 Å². The Morgan fingerprint density at radius 2 is 1.38 bits per heavy atom. The van der Waals surface area contributed by atoms with E-state index in [-0.39, 0.29) is 6.10 Å². The van der Waals surface area contributed by atoms with E-state index in [0.717, 1.165) is 17.6 Å². The second kappa shape index (κ2) is 9.09. The summed E-state index contributed by atoms with van der Waals surface area (Å²) >= 11 is 0. The van der Waals surface area contributed by atoms with Crippen molar-refractivity contribution in [2.75, 3.05) is 0 Å². The Kier molecular flexibility index (Phi) is 5.71. The summed E-state index contributed by atoms with van der Waals surface area (Å²) in [4.78, 5) is 0. The van der Waals surface area contributed by atoms with Crippen LogP contribution in [0.4, 0.5) is 0 Å². The average Bonchev–Trinajstić information content (AvgIpc) is 3.33. The van der Waals surface area contributed by atoms with Crippen LogP contribution in [0.25, 0.3) is 49.0 Å². The molecule has 1 aliphatic carbocycles. The van der Waals surface area contributed by atoms with Gasteiger partial charge in [0.1, 0.15) is 11.9 Å². The van der Waals surface area contributed by atoms with Crippen molar-refractivity contribution in [2.45, 2.75) is 51.4 Å². The van der Waals surface area contributed by atoms with E-state index in [0.29, 0.717) is 0 Å². The molecule has 0 saturated carbocycles. The zero-order valence-electron chi connectivity index (χ0n) is 23.4. The maximum atomic E-state index is 10.5. The first-order chi connectivity index (χ1) is 19.2. The quantitative estimate of drug-likeness (QED) is 0.186. The highest BCUT2D eigenvalue weighted by Gasteiger charge is 2.38. The topological polar surface area (TPSA) is 38.7 Å². The van der Waals surface area contributed by atoms with Crippen molar-refractivity contribution < 1.29 is 14.5 Å². The smallest absolute Gasteiger partial charge is 0.326 e. The molecule has 0 spiro atoms. The van der Waals surface area contributed by atoms with Gasteiger partial charge in [-0.2, -0.15) is 0 Å². The maximum Gasteiger partial charge on any atom is 0.326 e. The van der Waals surface area contributed by atoms with Crippen LogP contribution < -0.4 is 4.74 Å². The van der Waals surface area contributed by atoms with Gasteiger partial charge in [-0.3, -0.25) is 0 Å². The molecule has 7 rings (SSSR count). The number of hydrogen-bond acceptors (Lipinski definition) is 3. The number of aliphatic hydroxyl groups is 1. The lowest BCUT2D eigenvalue weighted by Gasteiger charge is -2.38.